The molecule has 0 saturated heterocycles. The maximum absolute atomic E-state index is 13.0. The molecule has 0 atom stereocenters. The first-order valence-corrected chi connectivity index (χ1v) is 7.10. The minimum Gasteiger partial charge on any atom is -0.462 e. The molecule has 0 amide bonds. The van der Waals surface area contributed by atoms with Gasteiger partial charge in [0.25, 0.3) is 0 Å². The average molecular weight is 362 g/mol. The molecule has 0 heterocycles. The van der Waals surface area contributed by atoms with Crippen molar-refractivity contribution in [1.29, 1.82) is 0 Å². The van der Waals surface area contributed by atoms with Gasteiger partial charge in [0, 0.05) is 0 Å². The van der Waals surface area contributed by atoms with E-state index in [0.29, 0.717) is 6.07 Å². The second kappa shape index (κ2) is 6.78. The molecule has 0 spiro atoms. The van der Waals surface area contributed by atoms with Crippen molar-refractivity contribution in [3.8, 4) is 11.1 Å². The minimum absolute atomic E-state index is 0.0362. The van der Waals surface area contributed by atoms with Gasteiger partial charge in [-0.15, -0.1) is 0 Å². The predicted molar refractivity (Wildman–Crippen MR) is 77.8 cm³/mol. The quantitative estimate of drug-likeness (QED) is 0.527. The zero-order chi connectivity index (χ0) is 18.8. The Kier molecular flexibility index (Phi) is 5.10. The number of hydrogen-bond acceptors (Lipinski definition) is 2. The Balaban J connectivity index is 2.57. The zero-order valence-corrected chi connectivity index (χ0v) is 12.8. The van der Waals surface area contributed by atoms with E-state index >= 15 is 0 Å². The third-order valence-corrected chi connectivity index (χ3v) is 3.34. The van der Waals surface area contributed by atoms with Crippen molar-refractivity contribution in [2.45, 2.75) is 19.3 Å². The van der Waals surface area contributed by atoms with E-state index in [9.17, 15) is 31.1 Å². The Morgan fingerprint density at radius 1 is 0.920 bits per heavy atom. The first-order valence-electron chi connectivity index (χ1n) is 7.10. The highest BCUT2D eigenvalue weighted by Gasteiger charge is 2.36. The number of benzene rings is 2. The normalized spacial score (nSPS) is 12.1. The van der Waals surface area contributed by atoms with Crippen LogP contribution >= 0.6 is 0 Å². The second-order valence-corrected chi connectivity index (χ2v) is 5.06. The van der Waals surface area contributed by atoms with Gasteiger partial charge in [-0.05, 0) is 42.3 Å². The fourth-order valence-corrected chi connectivity index (χ4v) is 2.22. The molecule has 0 fully saturated rings. The van der Waals surface area contributed by atoms with Crippen LogP contribution in [0.4, 0.5) is 26.3 Å². The summed E-state index contributed by atoms with van der Waals surface area (Å²) in [7, 11) is 0. The molecule has 0 aromatic heterocycles. The molecule has 25 heavy (non-hydrogen) atoms. The molecule has 0 radical (unpaired) electrons. The first kappa shape index (κ1) is 18.8. The van der Waals surface area contributed by atoms with Crippen LogP contribution < -0.4 is 0 Å². The Hall–Kier alpha value is -2.51. The second-order valence-electron chi connectivity index (χ2n) is 5.06. The van der Waals surface area contributed by atoms with Crippen molar-refractivity contribution >= 4 is 5.97 Å². The van der Waals surface area contributed by atoms with Gasteiger partial charge in [0.15, 0.2) is 0 Å². The summed E-state index contributed by atoms with van der Waals surface area (Å²) in [6, 6.07) is 6.66. The van der Waals surface area contributed by atoms with Crippen molar-refractivity contribution in [3.63, 3.8) is 0 Å². The van der Waals surface area contributed by atoms with Crippen LogP contribution in [0.1, 0.15) is 28.4 Å². The molecule has 0 aliphatic heterocycles. The van der Waals surface area contributed by atoms with E-state index in [1.54, 1.807) is 0 Å². The molecular weight excluding hydrogens is 350 g/mol. The van der Waals surface area contributed by atoms with E-state index in [4.69, 9.17) is 0 Å². The molecule has 0 N–H and O–H groups in total. The lowest BCUT2D eigenvalue weighted by molar-refractivity contribution is -0.138. The smallest absolute Gasteiger partial charge is 0.417 e. The average Bonchev–Trinajstić information content (AvgIpc) is 2.53. The Bertz CT molecular complexity index is 777. The van der Waals surface area contributed by atoms with Gasteiger partial charge in [0.2, 0.25) is 0 Å². The molecule has 8 heteroatoms. The van der Waals surface area contributed by atoms with E-state index < -0.39 is 35.0 Å². The van der Waals surface area contributed by atoms with Crippen LogP contribution in [0.2, 0.25) is 0 Å². The highest BCUT2D eigenvalue weighted by molar-refractivity contribution is 5.93. The number of carbonyl (C=O) groups is 1. The summed E-state index contributed by atoms with van der Waals surface area (Å²) in [6.07, 6.45) is -9.39. The number of carbonyl (C=O) groups excluding carboxylic acids is 1. The molecular formula is C17H12F6O2. The van der Waals surface area contributed by atoms with E-state index in [1.165, 1.54) is 13.0 Å². The van der Waals surface area contributed by atoms with Gasteiger partial charge in [0.1, 0.15) is 0 Å². The number of ether oxygens (including phenoxy) is 1. The maximum atomic E-state index is 13.0. The lowest BCUT2D eigenvalue weighted by atomic mass is 9.97. The molecule has 2 aromatic rings. The molecule has 2 aromatic carbocycles. The number of hydrogen-bond donors (Lipinski definition) is 0. The highest BCUT2D eigenvalue weighted by Crippen LogP contribution is 2.36. The fourth-order valence-electron chi connectivity index (χ4n) is 2.22. The summed E-state index contributed by atoms with van der Waals surface area (Å²) >= 11 is 0. The summed E-state index contributed by atoms with van der Waals surface area (Å²) < 4.78 is 82.1. The van der Waals surface area contributed by atoms with Gasteiger partial charge in [-0.2, -0.15) is 26.3 Å². The van der Waals surface area contributed by atoms with E-state index in [0.717, 1.165) is 30.3 Å². The van der Waals surface area contributed by atoms with Crippen LogP contribution in [0.25, 0.3) is 11.1 Å². The third kappa shape index (κ3) is 4.32. The lowest BCUT2D eigenvalue weighted by Gasteiger charge is -2.14. The number of rotatable bonds is 3. The van der Waals surface area contributed by atoms with Crippen molar-refractivity contribution in [2.24, 2.45) is 0 Å². The molecule has 2 nitrogen and oxygen atoms in total. The lowest BCUT2D eigenvalue weighted by Crippen LogP contribution is -2.15. The Morgan fingerprint density at radius 2 is 1.56 bits per heavy atom. The van der Waals surface area contributed by atoms with Gasteiger partial charge < -0.3 is 4.74 Å². The minimum atomic E-state index is -4.80. The Morgan fingerprint density at radius 3 is 2.12 bits per heavy atom. The van der Waals surface area contributed by atoms with Crippen LogP contribution in [-0.2, 0) is 17.1 Å². The summed E-state index contributed by atoms with van der Waals surface area (Å²) in [5.74, 6) is -1.19. The standard InChI is InChI=1S/C17H12F6O2/c1-2-25-15(24)13-9-11(6-7-14(13)17(21,22)23)10-4-3-5-12(8-10)16(18,19)20/h3-9H,2H2,1H3. The summed E-state index contributed by atoms with van der Waals surface area (Å²) in [5, 5.41) is 0. The van der Waals surface area contributed by atoms with Crippen LogP contribution in [0.3, 0.4) is 0 Å². The van der Waals surface area contributed by atoms with Gasteiger partial charge in [-0.1, -0.05) is 18.2 Å². The molecule has 134 valence electrons. The molecule has 0 aliphatic carbocycles. The molecule has 0 aliphatic rings. The van der Waals surface area contributed by atoms with Crippen LogP contribution in [-0.4, -0.2) is 12.6 Å². The van der Waals surface area contributed by atoms with Crippen molar-refractivity contribution in [3.05, 3.63) is 59.2 Å². The van der Waals surface area contributed by atoms with Crippen molar-refractivity contribution < 1.29 is 35.9 Å². The summed E-state index contributed by atoms with van der Waals surface area (Å²) in [5.41, 5.74) is -2.82. The fraction of sp³-hybridized carbons (Fsp3) is 0.235. The van der Waals surface area contributed by atoms with Crippen molar-refractivity contribution in [2.75, 3.05) is 6.61 Å². The predicted octanol–water partition coefficient (Wildman–Crippen LogP) is 5.57. The zero-order valence-electron chi connectivity index (χ0n) is 12.8. The van der Waals surface area contributed by atoms with Crippen LogP contribution in [0, 0.1) is 0 Å². The van der Waals surface area contributed by atoms with Crippen molar-refractivity contribution in [1.82, 2.24) is 0 Å². The largest absolute Gasteiger partial charge is 0.462 e. The van der Waals surface area contributed by atoms with E-state index in [1.807, 2.05) is 0 Å². The number of esters is 1. The monoisotopic (exact) mass is 362 g/mol. The van der Waals surface area contributed by atoms with Crippen LogP contribution in [0.15, 0.2) is 42.5 Å². The Labute approximate surface area is 139 Å². The van der Waals surface area contributed by atoms with E-state index in [2.05, 4.69) is 4.74 Å². The summed E-state index contributed by atoms with van der Waals surface area (Å²) in [4.78, 5) is 11.8. The topological polar surface area (TPSA) is 26.3 Å². The van der Waals surface area contributed by atoms with E-state index in [-0.39, 0.29) is 17.7 Å². The van der Waals surface area contributed by atoms with Crippen LogP contribution in [0.5, 0.6) is 0 Å². The molecule has 0 bridgehead atoms. The SMILES string of the molecule is CCOC(=O)c1cc(-c2cccc(C(F)(F)F)c2)ccc1C(F)(F)F. The third-order valence-electron chi connectivity index (χ3n) is 3.34. The molecule has 0 saturated carbocycles. The maximum Gasteiger partial charge on any atom is 0.417 e. The van der Waals surface area contributed by atoms with Gasteiger partial charge in [-0.3, -0.25) is 0 Å². The first-order chi connectivity index (χ1) is 11.5. The number of halogens is 6. The van der Waals surface area contributed by atoms with Gasteiger partial charge in [0.05, 0.1) is 23.3 Å². The summed E-state index contributed by atoms with van der Waals surface area (Å²) in [6.45, 7) is 1.30. The number of alkyl halides is 6. The van der Waals surface area contributed by atoms with Gasteiger partial charge >= 0.3 is 18.3 Å². The molecule has 2 rings (SSSR count). The molecule has 0 unspecified atom stereocenters. The van der Waals surface area contributed by atoms with Gasteiger partial charge in [-0.25, -0.2) is 4.79 Å². The highest BCUT2D eigenvalue weighted by atomic mass is 19.4.